The summed E-state index contributed by atoms with van der Waals surface area (Å²) in [6.45, 7) is 0.438. The van der Waals surface area contributed by atoms with Gasteiger partial charge in [0.25, 0.3) is 0 Å². The Morgan fingerprint density at radius 1 is 1.33 bits per heavy atom. The van der Waals surface area contributed by atoms with Crippen molar-refractivity contribution in [3.8, 4) is 0 Å². The summed E-state index contributed by atoms with van der Waals surface area (Å²) < 4.78 is 4.90. The van der Waals surface area contributed by atoms with Crippen LogP contribution in [0.2, 0.25) is 0 Å². The van der Waals surface area contributed by atoms with Gasteiger partial charge in [0.2, 0.25) is 0 Å². The maximum Gasteiger partial charge on any atom is 0.308 e. The van der Waals surface area contributed by atoms with Crippen molar-refractivity contribution < 1.29 is 9.53 Å². The van der Waals surface area contributed by atoms with E-state index >= 15 is 0 Å². The molecule has 3 heteroatoms. The van der Waals surface area contributed by atoms with Gasteiger partial charge in [0, 0.05) is 6.54 Å². The molecule has 0 aliphatic heterocycles. The van der Waals surface area contributed by atoms with Crippen molar-refractivity contribution in [2.24, 2.45) is 5.92 Å². The highest BCUT2D eigenvalue weighted by Crippen LogP contribution is 2.24. The van der Waals surface area contributed by atoms with Crippen LogP contribution in [0.3, 0.4) is 0 Å². The summed E-state index contributed by atoms with van der Waals surface area (Å²) in [5.41, 5.74) is 6.83. The molecule has 1 aliphatic rings. The van der Waals surface area contributed by atoms with Crippen molar-refractivity contribution in [1.82, 2.24) is 5.73 Å². The van der Waals surface area contributed by atoms with E-state index in [1.807, 2.05) is 0 Å². The predicted molar refractivity (Wildman–Crippen MR) is 45.5 cm³/mol. The van der Waals surface area contributed by atoms with Crippen LogP contribution in [0.1, 0.15) is 32.1 Å². The molecule has 1 N–H and O–H groups in total. The molecule has 0 saturated heterocycles. The Hall–Kier alpha value is -0.570. The van der Waals surface area contributed by atoms with Crippen LogP contribution < -0.4 is 5.73 Å². The first-order valence-corrected chi connectivity index (χ1v) is 4.66. The third-order valence-electron chi connectivity index (χ3n) is 2.28. The molecule has 0 aromatic heterocycles. The van der Waals surface area contributed by atoms with Crippen LogP contribution in [0.5, 0.6) is 0 Å². The number of carbonyl (C=O) groups excluding carboxylic acids is 1. The van der Waals surface area contributed by atoms with E-state index < -0.39 is 0 Å². The number of rotatable bonds is 3. The van der Waals surface area contributed by atoms with Gasteiger partial charge in [-0.3, -0.25) is 10.5 Å². The molecule has 0 atom stereocenters. The molecule has 1 saturated carbocycles. The highest BCUT2D eigenvalue weighted by molar-refractivity contribution is 5.72. The lowest BCUT2D eigenvalue weighted by Crippen LogP contribution is -2.21. The van der Waals surface area contributed by atoms with Crippen molar-refractivity contribution in [2.75, 3.05) is 13.2 Å². The number of carbonyl (C=O) groups is 1. The summed E-state index contributed by atoms with van der Waals surface area (Å²) in [4.78, 5) is 11.3. The molecule has 0 bridgehead atoms. The lowest BCUT2D eigenvalue weighted by molar-refractivity contribution is -0.149. The number of hydrogen-bond acceptors (Lipinski definition) is 2. The molecule has 0 amide bonds. The second-order valence-electron chi connectivity index (χ2n) is 3.25. The van der Waals surface area contributed by atoms with E-state index in [1.165, 1.54) is 6.42 Å². The van der Waals surface area contributed by atoms with Crippen LogP contribution in [-0.4, -0.2) is 19.1 Å². The first kappa shape index (κ1) is 9.52. The molecule has 0 aromatic carbocycles. The maximum atomic E-state index is 11.3. The summed E-state index contributed by atoms with van der Waals surface area (Å²) in [5.74, 6) is 0.0484. The third-order valence-corrected chi connectivity index (χ3v) is 2.28. The Bertz CT molecular complexity index is 141. The number of ether oxygens (including phenoxy) is 1. The molecule has 0 spiro atoms. The van der Waals surface area contributed by atoms with Crippen molar-refractivity contribution in [1.29, 1.82) is 0 Å². The van der Waals surface area contributed by atoms with Crippen molar-refractivity contribution in [2.45, 2.75) is 32.1 Å². The summed E-state index contributed by atoms with van der Waals surface area (Å²) >= 11 is 0. The number of hydrogen-bond donors (Lipinski definition) is 0. The van der Waals surface area contributed by atoms with E-state index in [0.29, 0.717) is 0 Å². The number of esters is 1. The van der Waals surface area contributed by atoms with Gasteiger partial charge in [-0.1, -0.05) is 19.3 Å². The molecular weight excluding hydrogens is 154 g/mol. The largest absolute Gasteiger partial charge is 0.464 e. The fourth-order valence-corrected chi connectivity index (χ4v) is 1.61. The van der Waals surface area contributed by atoms with Crippen molar-refractivity contribution in [3.63, 3.8) is 0 Å². The van der Waals surface area contributed by atoms with Gasteiger partial charge in [-0.05, 0) is 12.8 Å². The molecule has 0 unspecified atom stereocenters. The predicted octanol–water partition coefficient (Wildman–Crippen LogP) is 1.39. The van der Waals surface area contributed by atoms with Crippen molar-refractivity contribution >= 4 is 5.97 Å². The van der Waals surface area contributed by atoms with E-state index in [4.69, 9.17) is 10.5 Å². The molecule has 3 nitrogen and oxygen atoms in total. The average molecular weight is 170 g/mol. The minimum atomic E-state index is -0.0815. The Morgan fingerprint density at radius 3 is 2.58 bits per heavy atom. The normalized spacial score (nSPS) is 19.1. The summed E-state index contributed by atoms with van der Waals surface area (Å²) in [6.07, 6.45) is 5.52. The van der Waals surface area contributed by atoms with Gasteiger partial charge in [-0.25, -0.2) is 0 Å². The van der Waals surface area contributed by atoms with E-state index in [-0.39, 0.29) is 25.0 Å². The Balaban J connectivity index is 2.20. The highest BCUT2D eigenvalue weighted by Gasteiger charge is 2.21. The minimum Gasteiger partial charge on any atom is -0.464 e. The van der Waals surface area contributed by atoms with Crippen molar-refractivity contribution in [3.05, 3.63) is 0 Å². The first-order chi connectivity index (χ1) is 5.84. The van der Waals surface area contributed by atoms with Gasteiger partial charge < -0.3 is 4.74 Å². The van der Waals surface area contributed by atoms with Gasteiger partial charge in [-0.2, -0.15) is 0 Å². The third kappa shape index (κ3) is 2.81. The Labute approximate surface area is 73.3 Å². The van der Waals surface area contributed by atoms with Crippen LogP contribution in [-0.2, 0) is 9.53 Å². The standard InChI is InChI=1S/C9H16NO2/c10-6-7-12-9(11)8-4-2-1-3-5-8/h8,10H,1-7H2. The molecule has 1 radical (unpaired) electrons. The first-order valence-electron chi connectivity index (χ1n) is 4.66. The fourth-order valence-electron chi connectivity index (χ4n) is 1.61. The smallest absolute Gasteiger partial charge is 0.308 e. The van der Waals surface area contributed by atoms with E-state index in [2.05, 4.69) is 0 Å². The average Bonchev–Trinajstić information content (AvgIpc) is 2.15. The van der Waals surface area contributed by atoms with E-state index in [1.54, 1.807) is 0 Å². The van der Waals surface area contributed by atoms with Gasteiger partial charge in [-0.15, -0.1) is 0 Å². The van der Waals surface area contributed by atoms with Crippen LogP contribution in [0.25, 0.3) is 0 Å². The molecule has 1 rings (SSSR count). The summed E-state index contributed by atoms with van der Waals surface area (Å²) in [5, 5.41) is 0. The summed E-state index contributed by atoms with van der Waals surface area (Å²) in [6, 6.07) is 0. The van der Waals surface area contributed by atoms with Gasteiger partial charge >= 0.3 is 5.97 Å². The highest BCUT2D eigenvalue weighted by atomic mass is 16.5. The van der Waals surface area contributed by atoms with Crippen LogP contribution in [0.4, 0.5) is 0 Å². The zero-order valence-electron chi connectivity index (χ0n) is 7.34. The Morgan fingerprint density at radius 2 is 2.00 bits per heavy atom. The van der Waals surface area contributed by atoms with Gasteiger partial charge in [0.15, 0.2) is 0 Å². The Kier molecular flexibility index (Phi) is 4.08. The fraction of sp³-hybridized carbons (Fsp3) is 0.889. The van der Waals surface area contributed by atoms with Crippen LogP contribution >= 0.6 is 0 Å². The molecule has 12 heavy (non-hydrogen) atoms. The van der Waals surface area contributed by atoms with Gasteiger partial charge in [0.05, 0.1) is 5.92 Å². The van der Waals surface area contributed by atoms with Crippen LogP contribution in [0.15, 0.2) is 0 Å². The second kappa shape index (κ2) is 5.14. The second-order valence-corrected chi connectivity index (χ2v) is 3.25. The molecule has 1 aliphatic carbocycles. The lowest BCUT2D eigenvalue weighted by Gasteiger charge is -2.19. The molecule has 1 fully saturated rings. The SMILES string of the molecule is [NH]CCOC(=O)C1CCCCC1. The maximum absolute atomic E-state index is 11.3. The molecule has 0 heterocycles. The zero-order valence-corrected chi connectivity index (χ0v) is 7.34. The monoisotopic (exact) mass is 170 g/mol. The van der Waals surface area contributed by atoms with Crippen LogP contribution in [0, 0.1) is 5.92 Å². The van der Waals surface area contributed by atoms with E-state index in [9.17, 15) is 4.79 Å². The molecule has 0 aromatic rings. The van der Waals surface area contributed by atoms with Gasteiger partial charge in [0.1, 0.15) is 6.61 Å². The summed E-state index contributed by atoms with van der Waals surface area (Å²) in [7, 11) is 0. The quantitative estimate of drug-likeness (QED) is 0.601. The van der Waals surface area contributed by atoms with E-state index in [0.717, 1.165) is 25.7 Å². The lowest BCUT2D eigenvalue weighted by atomic mass is 9.89. The zero-order chi connectivity index (χ0) is 8.81. The number of nitrogens with one attached hydrogen (secondary N) is 1. The molecule has 69 valence electrons. The molecular formula is C9H16NO2. The topological polar surface area (TPSA) is 50.1 Å². The minimum absolute atomic E-state index is 0.0815.